The summed E-state index contributed by atoms with van der Waals surface area (Å²) < 4.78 is 0. The third kappa shape index (κ3) is 1.71. The average Bonchev–Trinajstić information content (AvgIpc) is 2.44. The second-order valence-electron chi connectivity index (χ2n) is 4.87. The number of rotatable bonds is 3. The zero-order chi connectivity index (χ0) is 12.5. The lowest BCUT2D eigenvalue weighted by Crippen LogP contribution is -2.42. The predicted octanol–water partition coefficient (Wildman–Crippen LogP) is 1.71. The molecule has 1 saturated heterocycles. The topological polar surface area (TPSA) is 61.2 Å². The van der Waals surface area contributed by atoms with E-state index in [-0.39, 0.29) is 24.2 Å². The predicted molar refractivity (Wildman–Crippen MR) is 59.1 cm³/mol. The number of carbonyl (C=O) groups is 2. The van der Waals surface area contributed by atoms with Crippen molar-refractivity contribution in [3.8, 4) is 6.07 Å². The minimum absolute atomic E-state index is 0.102. The Kier molecular flexibility index (Phi) is 3.37. The van der Waals surface area contributed by atoms with Crippen molar-refractivity contribution >= 4 is 11.8 Å². The molecule has 0 aromatic rings. The molecule has 0 N–H and O–H groups in total. The average molecular weight is 222 g/mol. The fraction of sp³-hybridized carbons (Fsp3) is 0.750. The molecule has 1 rings (SSSR count). The molecule has 0 aromatic carbocycles. The number of imide groups is 1. The Balaban J connectivity index is 3.05. The highest BCUT2D eigenvalue weighted by atomic mass is 16.2. The number of amides is 2. The Morgan fingerprint density at radius 2 is 2.06 bits per heavy atom. The van der Waals surface area contributed by atoms with Gasteiger partial charge in [0.2, 0.25) is 11.8 Å². The largest absolute Gasteiger partial charge is 0.274 e. The van der Waals surface area contributed by atoms with Crippen LogP contribution in [0.4, 0.5) is 0 Å². The van der Waals surface area contributed by atoms with Crippen molar-refractivity contribution in [1.29, 1.82) is 5.26 Å². The third-order valence-corrected chi connectivity index (χ3v) is 3.62. The minimum atomic E-state index is -0.638. The molecule has 0 saturated carbocycles. The molecule has 4 nitrogen and oxygen atoms in total. The highest BCUT2D eigenvalue weighted by Gasteiger charge is 2.51. The van der Waals surface area contributed by atoms with Gasteiger partial charge in [-0.15, -0.1) is 0 Å². The van der Waals surface area contributed by atoms with Gasteiger partial charge in [0, 0.05) is 6.42 Å². The molecule has 0 aromatic heterocycles. The van der Waals surface area contributed by atoms with Gasteiger partial charge in [0.15, 0.2) is 0 Å². The molecule has 88 valence electrons. The van der Waals surface area contributed by atoms with Crippen molar-refractivity contribution in [2.24, 2.45) is 11.3 Å². The molecule has 2 amide bonds. The van der Waals surface area contributed by atoms with Crippen LogP contribution in [0.1, 0.15) is 40.5 Å². The van der Waals surface area contributed by atoms with Crippen LogP contribution in [0.5, 0.6) is 0 Å². The molecule has 0 spiro atoms. The summed E-state index contributed by atoms with van der Waals surface area (Å²) in [7, 11) is 0. The second kappa shape index (κ2) is 4.25. The molecular weight excluding hydrogens is 204 g/mol. The molecule has 4 heteroatoms. The molecule has 16 heavy (non-hydrogen) atoms. The first-order chi connectivity index (χ1) is 7.38. The van der Waals surface area contributed by atoms with E-state index in [4.69, 9.17) is 5.26 Å². The maximum absolute atomic E-state index is 12.2. The van der Waals surface area contributed by atoms with Gasteiger partial charge < -0.3 is 0 Å². The molecule has 2 atom stereocenters. The van der Waals surface area contributed by atoms with Crippen LogP contribution < -0.4 is 0 Å². The van der Waals surface area contributed by atoms with Crippen LogP contribution in [0, 0.1) is 22.7 Å². The Bertz CT molecular complexity index is 357. The van der Waals surface area contributed by atoms with Crippen LogP contribution in [0.3, 0.4) is 0 Å². The smallest absolute Gasteiger partial charge is 0.237 e. The van der Waals surface area contributed by atoms with Gasteiger partial charge in [-0.25, -0.2) is 0 Å². The number of hydrogen-bond acceptors (Lipinski definition) is 3. The van der Waals surface area contributed by atoms with E-state index < -0.39 is 11.5 Å². The van der Waals surface area contributed by atoms with Crippen molar-refractivity contribution in [2.45, 2.75) is 46.6 Å². The summed E-state index contributed by atoms with van der Waals surface area (Å²) >= 11 is 0. The molecule has 2 unspecified atom stereocenters. The van der Waals surface area contributed by atoms with Crippen molar-refractivity contribution in [1.82, 2.24) is 4.90 Å². The number of likely N-dealkylation sites (tertiary alicyclic amines) is 1. The van der Waals surface area contributed by atoms with Crippen LogP contribution >= 0.6 is 0 Å². The summed E-state index contributed by atoms with van der Waals surface area (Å²) in [5.74, 6) is -0.305. The van der Waals surface area contributed by atoms with Crippen LogP contribution in [0.15, 0.2) is 0 Å². The summed E-state index contributed by atoms with van der Waals surface area (Å²) in [6, 6.07) is 1.40. The van der Waals surface area contributed by atoms with E-state index in [9.17, 15) is 9.59 Å². The highest BCUT2D eigenvalue weighted by Crippen LogP contribution is 2.40. The molecule has 1 heterocycles. The fourth-order valence-corrected chi connectivity index (χ4v) is 1.96. The van der Waals surface area contributed by atoms with Gasteiger partial charge >= 0.3 is 0 Å². The monoisotopic (exact) mass is 222 g/mol. The second-order valence-corrected chi connectivity index (χ2v) is 4.87. The van der Waals surface area contributed by atoms with Crippen molar-refractivity contribution in [3.05, 3.63) is 0 Å². The standard InChI is InChI=1S/C12H18N2O2/c1-5-9(7-13)14-10(15)6-12(4,8(2)3)11(14)16/h8-9H,5-6H2,1-4H3. The van der Waals surface area contributed by atoms with Crippen molar-refractivity contribution in [2.75, 3.05) is 0 Å². The van der Waals surface area contributed by atoms with E-state index in [0.29, 0.717) is 6.42 Å². The SMILES string of the molecule is CCC(C#N)N1C(=O)CC(C)(C(C)C)C1=O. The molecule has 1 fully saturated rings. The number of carbonyl (C=O) groups excluding carboxylic acids is 2. The van der Waals surface area contributed by atoms with E-state index in [0.717, 1.165) is 4.90 Å². The van der Waals surface area contributed by atoms with Gasteiger partial charge in [0.1, 0.15) is 6.04 Å². The normalized spacial score (nSPS) is 27.4. The zero-order valence-corrected chi connectivity index (χ0v) is 10.3. The first-order valence-corrected chi connectivity index (χ1v) is 5.64. The summed E-state index contributed by atoms with van der Waals surface area (Å²) in [4.78, 5) is 25.2. The van der Waals surface area contributed by atoms with Crippen LogP contribution in [0.25, 0.3) is 0 Å². The first kappa shape index (κ1) is 12.7. The highest BCUT2D eigenvalue weighted by molar-refractivity contribution is 6.06. The van der Waals surface area contributed by atoms with E-state index in [1.54, 1.807) is 6.92 Å². The third-order valence-electron chi connectivity index (χ3n) is 3.62. The summed E-state index contributed by atoms with van der Waals surface area (Å²) in [5, 5.41) is 8.93. The van der Waals surface area contributed by atoms with Gasteiger partial charge in [-0.1, -0.05) is 20.8 Å². The Labute approximate surface area is 96.2 Å². The first-order valence-electron chi connectivity index (χ1n) is 5.64. The van der Waals surface area contributed by atoms with Gasteiger partial charge in [-0.05, 0) is 19.3 Å². The molecule has 0 radical (unpaired) electrons. The summed E-state index contributed by atoms with van der Waals surface area (Å²) in [5.41, 5.74) is -0.638. The maximum atomic E-state index is 12.2. The van der Waals surface area contributed by atoms with E-state index in [2.05, 4.69) is 0 Å². The van der Waals surface area contributed by atoms with Crippen LogP contribution in [-0.2, 0) is 9.59 Å². The van der Waals surface area contributed by atoms with Crippen LogP contribution in [-0.4, -0.2) is 22.8 Å². The maximum Gasteiger partial charge on any atom is 0.237 e. The molecular formula is C12H18N2O2. The Morgan fingerprint density at radius 1 is 1.50 bits per heavy atom. The molecule has 0 bridgehead atoms. The van der Waals surface area contributed by atoms with Crippen molar-refractivity contribution < 1.29 is 9.59 Å². The van der Waals surface area contributed by atoms with Gasteiger partial charge in [0.05, 0.1) is 11.5 Å². The lowest BCUT2D eigenvalue weighted by Gasteiger charge is -2.27. The number of nitriles is 1. The summed E-state index contributed by atoms with van der Waals surface area (Å²) in [6.07, 6.45) is 0.712. The number of hydrogen-bond donors (Lipinski definition) is 0. The Hall–Kier alpha value is -1.37. The van der Waals surface area contributed by atoms with Gasteiger partial charge in [0.25, 0.3) is 0 Å². The van der Waals surface area contributed by atoms with E-state index in [1.807, 2.05) is 26.8 Å². The lowest BCUT2D eigenvalue weighted by atomic mass is 9.78. The summed E-state index contributed by atoms with van der Waals surface area (Å²) in [6.45, 7) is 7.48. The van der Waals surface area contributed by atoms with E-state index in [1.165, 1.54) is 0 Å². The molecule has 0 aliphatic carbocycles. The van der Waals surface area contributed by atoms with Gasteiger partial charge in [-0.3, -0.25) is 14.5 Å². The minimum Gasteiger partial charge on any atom is -0.274 e. The molecule has 1 aliphatic rings. The van der Waals surface area contributed by atoms with Crippen molar-refractivity contribution in [3.63, 3.8) is 0 Å². The van der Waals surface area contributed by atoms with E-state index >= 15 is 0 Å². The molecule has 1 aliphatic heterocycles. The lowest BCUT2D eigenvalue weighted by molar-refractivity contribution is -0.143. The van der Waals surface area contributed by atoms with Gasteiger partial charge in [-0.2, -0.15) is 5.26 Å². The number of nitrogens with zero attached hydrogens (tertiary/aromatic N) is 2. The van der Waals surface area contributed by atoms with Crippen LogP contribution in [0.2, 0.25) is 0 Å². The Morgan fingerprint density at radius 3 is 2.38 bits per heavy atom. The fourth-order valence-electron chi connectivity index (χ4n) is 1.96. The zero-order valence-electron chi connectivity index (χ0n) is 10.3. The quantitative estimate of drug-likeness (QED) is 0.683.